The number of nitrogens with zero attached hydrogens (tertiary/aromatic N) is 1. The summed E-state index contributed by atoms with van der Waals surface area (Å²) in [6.07, 6.45) is 0.633. The molecule has 0 aliphatic rings. The van der Waals surface area contributed by atoms with E-state index in [1.54, 1.807) is 28.2 Å². The second kappa shape index (κ2) is 8.87. The highest BCUT2D eigenvalue weighted by Gasteiger charge is 2.16. The lowest BCUT2D eigenvalue weighted by atomic mass is 10.1. The first-order chi connectivity index (χ1) is 10.9. The fourth-order valence-electron chi connectivity index (χ4n) is 2.06. The Morgan fingerprint density at radius 3 is 2.48 bits per heavy atom. The Balaban J connectivity index is 2.47. The van der Waals surface area contributed by atoms with Gasteiger partial charge in [0.2, 0.25) is 0 Å². The van der Waals surface area contributed by atoms with Gasteiger partial charge in [0, 0.05) is 20.1 Å². The minimum atomic E-state index is -0.921. The molecule has 0 heterocycles. The van der Waals surface area contributed by atoms with Gasteiger partial charge in [-0.15, -0.1) is 0 Å². The van der Waals surface area contributed by atoms with Crippen LogP contribution >= 0.6 is 0 Å². The van der Waals surface area contributed by atoms with E-state index in [0.717, 1.165) is 5.56 Å². The van der Waals surface area contributed by atoms with E-state index in [4.69, 9.17) is 14.6 Å². The topological polar surface area (TPSA) is 88.1 Å². The number of benzene rings is 1. The monoisotopic (exact) mass is 324 g/mol. The van der Waals surface area contributed by atoms with Gasteiger partial charge in [-0.2, -0.15) is 0 Å². The van der Waals surface area contributed by atoms with Crippen LogP contribution in [-0.4, -0.2) is 56.4 Å². The van der Waals surface area contributed by atoms with Gasteiger partial charge in [0.05, 0.1) is 20.1 Å². The molecule has 23 heavy (non-hydrogen) atoms. The Morgan fingerprint density at radius 1 is 1.26 bits per heavy atom. The van der Waals surface area contributed by atoms with Crippen molar-refractivity contribution >= 4 is 12.0 Å². The molecular formula is C16H24N2O5. The van der Waals surface area contributed by atoms with Crippen molar-refractivity contribution in [3.63, 3.8) is 0 Å². The predicted molar refractivity (Wildman–Crippen MR) is 86.1 cm³/mol. The van der Waals surface area contributed by atoms with E-state index < -0.39 is 11.9 Å². The smallest absolute Gasteiger partial charge is 0.317 e. The molecule has 7 heteroatoms. The largest absolute Gasteiger partial charge is 0.493 e. The van der Waals surface area contributed by atoms with Gasteiger partial charge in [-0.1, -0.05) is 13.0 Å². The summed E-state index contributed by atoms with van der Waals surface area (Å²) in [5.74, 6) is -0.224. The highest BCUT2D eigenvalue weighted by atomic mass is 16.5. The molecule has 1 unspecified atom stereocenters. The minimum Gasteiger partial charge on any atom is -0.493 e. The summed E-state index contributed by atoms with van der Waals surface area (Å²) in [6, 6.07) is 5.29. The number of hydrogen-bond acceptors (Lipinski definition) is 4. The molecule has 0 aromatic heterocycles. The lowest BCUT2D eigenvalue weighted by molar-refractivity contribution is -0.141. The molecule has 0 saturated heterocycles. The van der Waals surface area contributed by atoms with Gasteiger partial charge in [0.15, 0.2) is 11.5 Å². The average Bonchev–Trinajstić information content (AvgIpc) is 2.54. The van der Waals surface area contributed by atoms with Crippen LogP contribution in [0.15, 0.2) is 18.2 Å². The van der Waals surface area contributed by atoms with Crippen LogP contribution in [0, 0.1) is 5.92 Å². The molecule has 0 fully saturated rings. The highest BCUT2D eigenvalue weighted by molar-refractivity contribution is 5.75. The number of carboxylic acid groups (broad SMARTS) is 1. The fourth-order valence-corrected chi connectivity index (χ4v) is 2.06. The van der Waals surface area contributed by atoms with Crippen molar-refractivity contribution in [2.45, 2.75) is 13.3 Å². The van der Waals surface area contributed by atoms with Crippen molar-refractivity contribution in [1.29, 1.82) is 0 Å². The summed E-state index contributed by atoms with van der Waals surface area (Å²) in [7, 11) is 4.72. The normalized spacial score (nSPS) is 11.5. The van der Waals surface area contributed by atoms with Gasteiger partial charge < -0.3 is 24.8 Å². The van der Waals surface area contributed by atoms with Crippen LogP contribution in [0.2, 0.25) is 0 Å². The van der Waals surface area contributed by atoms with E-state index >= 15 is 0 Å². The second-order valence-electron chi connectivity index (χ2n) is 5.29. The Labute approximate surface area is 136 Å². The van der Waals surface area contributed by atoms with Crippen molar-refractivity contribution in [2.24, 2.45) is 5.92 Å². The Morgan fingerprint density at radius 2 is 1.91 bits per heavy atom. The van der Waals surface area contributed by atoms with Gasteiger partial charge in [-0.05, 0) is 24.1 Å². The van der Waals surface area contributed by atoms with Crippen molar-refractivity contribution in [1.82, 2.24) is 10.2 Å². The van der Waals surface area contributed by atoms with Gasteiger partial charge in [-0.3, -0.25) is 4.79 Å². The second-order valence-corrected chi connectivity index (χ2v) is 5.29. The first kappa shape index (κ1) is 18.6. The summed E-state index contributed by atoms with van der Waals surface area (Å²) in [4.78, 5) is 24.0. The lowest BCUT2D eigenvalue weighted by Gasteiger charge is -2.20. The zero-order valence-electron chi connectivity index (χ0n) is 14.0. The van der Waals surface area contributed by atoms with Crippen LogP contribution < -0.4 is 14.8 Å². The quantitative estimate of drug-likeness (QED) is 0.758. The maximum atomic E-state index is 11.9. The number of nitrogens with one attached hydrogen (secondary N) is 1. The molecule has 7 nitrogen and oxygen atoms in total. The molecule has 2 amide bonds. The molecule has 1 aromatic rings. The van der Waals surface area contributed by atoms with Gasteiger partial charge in [-0.25, -0.2) is 4.79 Å². The first-order valence-electron chi connectivity index (χ1n) is 7.31. The van der Waals surface area contributed by atoms with Gasteiger partial charge >= 0.3 is 12.0 Å². The highest BCUT2D eigenvalue weighted by Crippen LogP contribution is 2.27. The number of methoxy groups -OCH3 is 2. The van der Waals surface area contributed by atoms with E-state index in [0.29, 0.717) is 24.5 Å². The maximum Gasteiger partial charge on any atom is 0.317 e. The molecule has 0 spiro atoms. The van der Waals surface area contributed by atoms with Crippen molar-refractivity contribution in [3.8, 4) is 11.5 Å². The first-order valence-corrected chi connectivity index (χ1v) is 7.31. The SMILES string of the molecule is COc1ccc(CCNC(=O)N(C)CC(C)C(=O)O)cc1OC. The minimum absolute atomic E-state index is 0.164. The molecule has 0 bridgehead atoms. The molecule has 128 valence electrons. The fraction of sp³-hybridized carbons (Fsp3) is 0.500. The molecule has 2 N–H and O–H groups in total. The van der Waals surface area contributed by atoms with Gasteiger partial charge in [0.1, 0.15) is 0 Å². The van der Waals surface area contributed by atoms with Crippen LogP contribution in [0.1, 0.15) is 12.5 Å². The summed E-state index contributed by atoms with van der Waals surface area (Å²) in [6.45, 7) is 2.17. The number of rotatable bonds is 8. The summed E-state index contributed by atoms with van der Waals surface area (Å²) in [5.41, 5.74) is 1.00. The van der Waals surface area contributed by atoms with Crippen LogP contribution in [0.5, 0.6) is 11.5 Å². The molecule has 0 radical (unpaired) electrons. The molecule has 1 aromatic carbocycles. The third kappa shape index (κ3) is 5.69. The zero-order valence-corrected chi connectivity index (χ0v) is 14.0. The predicted octanol–water partition coefficient (Wildman–Crippen LogP) is 1.61. The van der Waals surface area contributed by atoms with E-state index in [9.17, 15) is 9.59 Å². The maximum absolute atomic E-state index is 11.9. The number of aliphatic carboxylic acids is 1. The lowest BCUT2D eigenvalue weighted by Crippen LogP contribution is -2.41. The number of amides is 2. The Kier molecular flexibility index (Phi) is 7.18. The molecule has 1 atom stereocenters. The Bertz CT molecular complexity index is 547. The summed E-state index contributed by atoms with van der Waals surface area (Å²) < 4.78 is 10.4. The van der Waals surface area contributed by atoms with Gasteiger partial charge in [0.25, 0.3) is 0 Å². The van der Waals surface area contributed by atoms with Crippen LogP contribution in [0.3, 0.4) is 0 Å². The molecule has 1 rings (SSSR count). The van der Waals surface area contributed by atoms with E-state index in [2.05, 4.69) is 5.32 Å². The van der Waals surface area contributed by atoms with E-state index in [-0.39, 0.29) is 12.6 Å². The van der Waals surface area contributed by atoms with Crippen LogP contribution in [0.25, 0.3) is 0 Å². The number of carbonyl (C=O) groups is 2. The summed E-state index contributed by atoms with van der Waals surface area (Å²) in [5, 5.41) is 11.6. The molecule has 0 aliphatic heterocycles. The number of carboxylic acids is 1. The third-order valence-electron chi connectivity index (χ3n) is 3.45. The van der Waals surface area contributed by atoms with E-state index in [1.807, 2.05) is 18.2 Å². The number of hydrogen-bond donors (Lipinski definition) is 2. The average molecular weight is 324 g/mol. The molecular weight excluding hydrogens is 300 g/mol. The Hall–Kier alpha value is -2.44. The third-order valence-corrected chi connectivity index (χ3v) is 3.45. The molecule has 0 aliphatic carbocycles. The number of carbonyl (C=O) groups excluding carboxylic acids is 1. The van der Waals surface area contributed by atoms with Crippen LogP contribution in [-0.2, 0) is 11.2 Å². The van der Waals surface area contributed by atoms with E-state index in [1.165, 1.54) is 4.90 Å². The van der Waals surface area contributed by atoms with Crippen molar-refractivity contribution < 1.29 is 24.2 Å². The molecule has 0 saturated carbocycles. The zero-order chi connectivity index (χ0) is 17.4. The van der Waals surface area contributed by atoms with Crippen LogP contribution in [0.4, 0.5) is 4.79 Å². The van der Waals surface area contributed by atoms with Crippen molar-refractivity contribution in [3.05, 3.63) is 23.8 Å². The number of urea groups is 1. The van der Waals surface area contributed by atoms with Crippen molar-refractivity contribution in [2.75, 3.05) is 34.4 Å². The number of ether oxygens (including phenoxy) is 2. The standard InChI is InChI=1S/C16H24N2O5/c1-11(15(19)20)10-18(2)16(21)17-8-7-12-5-6-13(22-3)14(9-12)23-4/h5-6,9,11H,7-8,10H2,1-4H3,(H,17,21)(H,19,20). The summed E-state index contributed by atoms with van der Waals surface area (Å²) >= 11 is 0.